The molecule has 2 atom stereocenters. The van der Waals surface area contributed by atoms with E-state index in [1.807, 2.05) is 72.4 Å². The molecule has 4 aromatic rings. The number of rotatable bonds is 3. The number of carbonyl (C=O) groups excluding carboxylic acids is 1. The number of benzene rings is 2. The highest BCUT2D eigenvalue weighted by atomic mass is 16.5. The van der Waals surface area contributed by atoms with Crippen molar-refractivity contribution in [3.63, 3.8) is 0 Å². The molecule has 0 saturated carbocycles. The molecule has 2 aromatic heterocycles. The number of piperidine rings is 1. The van der Waals surface area contributed by atoms with Crippen LogP contribution in [0.15, 0.2) is 67.0 Å². The predicted molar refractivity (Wildman–Crippen MR) is 149 cm³/mol. The minimum Gasteiger partial charge on any atom is -0.493 e. The minimum absolute atomic E-state index is 0.0228. The Morgan fingerprint density at radius 1 is 1.05 bits per heavy atom. The number of carbonyl (C=O) groups is 1. The van der Waals surface area contributed by atoms with Crippen LogP contribution in [0.4, 0.5) is 5.82 Å². The highest BCUT2D eigenvalue weighted by Crippen LogP contribution is 2.33. The van der Waals surface area contributed by atoms with Gasteiger partial charge in [0.15, 0.2) is 23.1 Å². The summed E-state index contributed by atoms with van der Waals surface area (Å²) in [5.41, 5.74) is 2.70. The summed E-state index contributed by atoms with van der Waals surface area (Å²) in [6.07, 6.45) is 5.14. The molecule has 4 heterocycles. The Bertz CT molecular complexity index is 1490. The Labute approximate surface area is 232 Å². The SMILES string of the molecule is COc1ccc2cc1Oc1cccc(c1)CO[C@@H]1CCN(c3ccc(-c4nccn4C)nn3)C[C@@H]1NC(=O)CC2. The number of nitrogens with one attached hydrogen (secondary N) is 1. The van der Waals surface area contributed by atoms with E-state index in [-0.39, 0.29) is 18.1 Å². The van der Waals surface area contributed by atoms with Gasteiger partial charge in [0.05, 0.1) is 25.9 Å². The van der Waals surface area contributed by atoms with Gasteiger partial charge in [0.25, 0.3) is 0 Å². The third-order valence-electron chi connectivity index (χ3n) is 7.38. The molecular weight excluding hydrogens is 508 g/mol. The molecule has 10 nitrogen and oxygen atoms in total. The first-order chi connectivity index (χ1) is 19.6. The summed E-state index contributed by atoms with van der Waals surface area (Å²) in [4.78, 5) is 19.6. The Balaban J connectivity index is 1.22. The number of amides is 1. The Morgan fingerprint density at radius 2 is 1.98 bits per heavy atom. The van der Waals surface area contributed by atoms with E-state index >= 15 is 0 Å². The van der Waals surface area contributed by atoms with Gasteiger partial charge in [-0.25, -0.2) is 4.98 Å². The Hall–Kier alpha value is -4.44. The van der Waals surface area contributed by atoms with Crippen LogP contribution in [0, 0.1) is 0 Å². The zero-order valence-corrected chi connectivity index (χ0v) is 22.6. The van der Waals surface area contributed by atoms with Crippen LogP contribution in [0.1, 0.15) is 24.0 Å². The standard InChI is InChI=1S/C30H32N6O4/c1-35-15-13-31-30(35)23-8-10-28(34-33-23)36-14-12-25-24(18-36)32-29(37)11-7-20-6-9-26(38-2)27(17-20)40-22-5-3-4-21(16-22)19-39-25/h3-6,8-10,13,15-17,24-25H,7,11-12,14,18-19H2,1-2H3,(H,32,37)/t24-,25+/m0/s1. The number of ether oxygens (including phenoxy) is 3. The number of anilines is 1. The van der Waals surface area contributed by atoms with E-state index in [2.05, 4.69) is 25.4 Å². The van der Waals surface area contributed by atoms with Crippen molar-refractivity contribution in [3.8, 4) is 28.8 Å². The summed E-state index contributed by atoms with van der Waals surface area (Å²) in [7, 11) is 3.55. The van der Waals surface area contributed by atoms with Crippen molar-refractivity contribution in [2.45, 2.75) is 38.0 Å². The normalized spacial score (nSPS) is 19.4. The topological polar surface area (TPSA) is 104 Å². The van der Waals surface area contributed by atoms with Crippen molar-refractivity contribution in [1.29, 1.82) is 0 Å². The molecular formula is C30H32N6O4. The summed E-state index contributed by atoms with van der Waals surface area (Å²) in [5.74, 6) is 3.47. The minimum atomic E-state index is -0.201. The molecule has 0 spiro atoms. The van der Waals surface area contributed by atoms with Gasteiger partial charge in [-0.15, -0.1) is 10.2 Å². The first-order valence-electron chi connectivity index (χ1n) is 13.5. The highest BCUT2D eigenvalue weighted by molar-refractivity contribution is 5.76. The number of hydrogen-bond donors (Lipinski definition) is 1. The van der Waals surface area contributed by atoms with Crippen LogP contribution in [0.2, 0.25) is 0 Å². The molecule has 1 N–H and O–H groups in total. The molecule has 4 bridgehead atoms. The maximum absolute atomic E-state index is 13.1. The van der Waals surface area contributed by atoms with Gasteiger partial charge in [-0.3, -0.25) is 4.79 Å². The molecule has 2 aliphatic heterocycles. The lowest BCUT2D eigenvalue weighted by atomic mass is 10.0. The Morgan fingerprint density at radius 3 is 2.77 bits per heavy atom. The molecule has 0 radical (unpaired) electrons. The molecule has 10 heteroatoms. The summed E-state index contributed by atoms with van der Waals surface area (Å²) >= 11 is 0. The third kappa shape index (κ3) is 5.62. The van der Waals surface area contributed by atoms with Crippen molar-refractivity contribution in [1.82, 2.24) is 25.1 Å². The van der Waals surface area contributed by atoms with Gasteiger partial charge < -0.3 is 29.0 Å². The van der Waals surface area contributed by atoms with E-state index in [4.69, 9.17) is 14.2 Å². The molecule has 6 rings (SSSR count). The second-order valence-corrected chi connectivity index (χ2v) is 10.1. The van der Waals surface area contributed by atoms with Gasteiger partial charge in [-0.2, -0.15) is 0 Å². The smallest absolute Gasteiger partial charge is 0.220 e. The predicted octanol–water partition coefficient (Wildman–Crippen LogP) is 3.90. The van der Waals surface area contributed by atoms with Crippen LogP contribution in [0.3, 0.4) is 0 Å². The van der Waals surface area contributed by atoms with Crippen LogP contribution >= 0.6 is 0 Å². The molecule has 40 heavy (non-hydrogen) atoms. The molecule has 2 aromatic carbocycles. The average molecular weight is 541 g/mol. The van der Waals surface area contributed by atoms with E-state index in [1.165, 1.54) is 0 Å². The molecule has 2 aliphatic rings. The maximum Gasteiger partial charge on any atom is 0.220 e. The van der Waals surface area contributed by atoms with Gasteiger partial charge in [0.1, 0.15) is 11.4 Å². The quantitative estimate of drug-likeness (QED) is 0.417. The van der Waals surface area contributed by atoms with Crippen molar-refractivity contribution >= 4 is 11.7 Å². The van der Waals surface area contributed by atoms with Crippen LogP contribution in [-0.2, 0) is 29.6 Å². The summed E-state index contributed by atoms with van der Waals surface area (Å²) < 4.78 is 20.0. The Kier molecular flexibility index (Phi) is 7.33. The van der Waals surface area contributed by atoms with Crippen LogP contribution in [0.25, 0.3) is 11.5 Å². The summed E-state index contributed by atoms with van der Waals surface area (Å²) in [6, 6.07) is 17.3. The van der Waals surface area contributed by atoms with Crippen molar-refractivity contribution in [2.75, 3.05) is 25.1 Å². The second-order valence-electron chi connectivity index (χ2n) is 10.1. The lowest BCUT2D eigenvalue weighted by Crippen LogP contribution is -2.56. The van der Waals surface area contributed by atoms with Crippen molar-refractivity contribution in [2.24, 2.45) is 7.05 Å². The zero-order chi connectivity index (χ0) is 27.5. The van der Waals surface area contributed by atoms with E-state index < -0.39 is 0 Å². The van der Waals surface area contributed by atoms with E-state index in [0.717, 1.165) is 35.7 Å². The summed E-state index contributed by atoms with van der Waals surface area (Å²) in [6.45, 7) is 1.72. The fourth-order valence-corrected chi connectivity index (χ4v) is 5.22. The molecule has 1 saturated heterocycles. The van der Waals surface area contributed by atoms with Crippen LogP contribution in [0.5, 0.6) is 17.2 Å². The molecule has 1 amide bonds. The zero-order valence-electron chi connectivity index (χ0n) is 22.6. The van der Waals surface area contributed by atoms with Crippen molar-refractivity contribution in [3.05, 3.63) is 78.1 Å². The number of imidazole rings is 1. The fourth-order valence-electron chi connectivity index (χ4n) is 5.22. The lowest BCUT2D eigenvalue weighted by molar-refractivity contribution is -0.123. The maximum atomic E-state index is 13.1. The molecule has 206 valence electrons. The molecule has 0 unspecified atom stereocenters. The van der Waals surface area contributed by atoms with E-state index in [1.54, 1.807) is 13.3 Å². The van der Waals surface area contributed by atoms with Crippen LogP contribution < -0.4 is 19.7 Å². The number of hydrogen-bond acceptors (Lipinski definition) is 8. The fraction of sp³-hybridized carbons (Fsp3) is 0.333. The van der Waals surface area contributed by atoms with Gasteiger partial charge in [-0.1, -0.05) is 18.2 Å². The first-order valence-corrected chi connectivity index (χ1v) is 13.5. The number of nitrogens with zero attached hydrogens (tertiary/aromatic N) is 5. The number of fused-ring (bicyclic) bond motifs is 5. The first kappa shape index (κ1) is 25.8. The monoisotopic (exact) mass is 540 g/mol. The largest absolute Gasteiger partial charge is 0.493 e. The van der Waals surface area contributed by atoms with Gasteiger partial charge >= 0.3 is 0 Å². The number of methoxy groups -OCH3 is 1. The lowest BCUT2D eigenvalue weighted by Gasteiger charge is -2.39. The number of aryl methyl sites for hydroxylation is 2. The average Bonchev–Trinajstić information content (AvgIpc) is 3.41. The van der Waals surface area contributed by atoms with Crippen LogP contribution in [-0.4, -0.2) is 58.0 Å². The van der Waals surface area contributed by atoms with Gasteiger partial charge in [0, 0.05) is 39.0 Å². The summed E-state index contributed by atoms with van der Waals surface area (Å²) in [5, 5.41) is 12.1. The van der Waals surface area contributed by atoms with E-state index in [0.29, 0.717) is 48.9 Å². The van der Waals surface area contributed by atoms with Gasteiger partial charge in [0.2, 0.25) is 5.91 Å². The second kappa shape index (κ2) is 11.4. The number of aromatic nitrogens is 4. The van der Waals surface area contributed by atoms with E-state index in [9.17, 15) is 4.79 Å². The van der Waals surface area contributed by atoms with Crippen molar-refractivity contribution < 1.29 is 19.0 Å². The van der Waals surface area contributed by atoms with Gasteiger partial charge in [-0.05, 0) is 60.4 Å². The molecule has 1 fully saturated rings. The molecule has 0 aliphatic carbocycles. The highest BCUT2D eigenvalue weighted by Gasteiger charge is 2.32. The third-order valence-corrected chi connectivity index (χ3v) is 7.38.